The third kappa shape index (κ3) is 4.51. The first-order valence-corrected chi connectivity index (χ1v) is 9.12. The monoisotopic (exact) mass is 374 g/mol. The molecule has 0 amide bonds. The normalized spacial score (nSPS) is 15.6. The average molecular weight is 374 g/mol. The van der Waals surface area contributed by atoms with Crippen molar-refractivity contribution in [3.05, 3.63) is 53.3 Å². The molecule has 6 heteroatoms. The number of nitrogens with zero attached hydrogens (tertiary/aromatic N) is 2. The quantitative estimate of drug-likeness (QED) is 0.744. The molecule has 0 atom stereocenters. The van der Waals surface area contributed by atoms with Gasteiger partial charge in [-0.05, 0) is 12.1 Å². The second-order valence-electron chi connectivity index (χ2n) is 6.64. The molecular weight excluding hydrogens is 347 g/mol. The molecular formula is C21H27FN2O3. The van der Waals surface area contributed by atoms with Crippen molar-refractivity contribution in [1.29, 1.82) is 0 Å². The van der Waals surface area contributed by atoms with E-state index in [1.807, 2.05) is 24.3 Å². The molecule has 0 N–H and O–H groups in total. The number of halogens is 1. The van der Waals surface area contributed by atoms with Crippen LogP contribution in [0.2, 0.25) is 0 Å². The highest BCUT2D eigenvalue weighted by Gasteiger charge is 2.21. The maximum atomic E-state index is 13.9. The van der Waals surface area contributed by atoms with Gasteiger partial charge in [0, 0.05) is 50.4 Å². The molecule has 0 aromatic heterocycles. The fourth-order valence-electron chi connectivity index (χ4n) is 3.50. The third-order valence-corrected chi connectivity index (χ3v) is 5.00. The van der Waals surface area contributed by atoms with Crippen LogP contribution >= 0.6 is 0 Å². The first-order valence-electron chi connectivity index (χ1n) is 9.12. The van der Waals surface area contributed by atoms with Gasteiger partial charge in [-0.25, -0.2) is 4.39 Å². The Morgan fingerprint density at radius 3 is 1.89 bits per heavy atom. The Balaban J connectivity index is 1.62. The van der Waals surface area contributed by atoms with Crippen molar-refractivity contribution in [1.82, 2.24) is 9.80 Å². The van der Waals surface area contributed by atoms with Crippen molar-refractivity contribution in [3.8, 4) is 17.2 Å². The van der Waals surface area contributed by atoms with E-state index >= 15 is 0 Å². The molecule has 1 saturated heterocycles. The topological polar surface area (TPSA) is 34.2 Å². The van der Waals surface area contributed by atoms with Crippen molar-refractivity contribution in [2.75, 3.05) is 47.5 Å². The van der Waals surface area contributed by atoms with Gasteiger partial charge in [0.15, 0.2) is 11.5 Å². The largest absolute Gasteiger partial charge is 0.493 e. The number of hydrogen-bond donors (Lipinski definition) is 0. The summed E-state index contributed by atoms with van der Waals surface area (Å²) in [6, 6.07) is 10.9. The van der Waals surface area contributed by atoms with Gasteiger partial charge in [0.05, 0.1) is 21.3 Å². The molecule has 0 bridgehead atoms. The fraction of sp³-hybridized carbons (Fsp3) is 0.429. The van der Waals surface area contributed by atoms with E-state index in [-0.39, 0.29) is 5.82 Å². The van der Waals surface area contributed by atoms with Crippen LogP contribution in [0.1, 0.15) is 11.1 Å². The SMILES string of the molecule is COc1ccc(CN2CCN(Cc3ccccc3F)CC2)c(OC)c1OC. The maximum Gasteiger partial charge on any atom is 0.203 e. The standard InChI is InChI=1S/C21H27FN2O3/c1-25-19-9-8-17(20(26-2)21(19)27-3)15-24-12-10-23(11-13-24)14-16-6-4-5-7-18(16)22/h4-9H,10-15H2,1-3H3. The zero-order valence-electron chi connectivity index (χ0n) is 16.2. The minimum atomic E-state index is -0.130. The molecule has 3 rings (SSSR count). The molecule has 0 aliphatic carbocycles. The van der Waals surface area contributed by atoms with E-state index in [1.165, 1.54) is 6.07 Å². The van der Waals surface area contributed by atoms with Gasteiger partial charge >= 0.3 is 0 Å². The van der Waals surface area contributed by atoms with Crippen LogP contribution in [-0.2, 0) is 13.1 Å². The highest BCUT2D eigenvalue weighted by atomic mass is 19.1. The zero-order valence-corrected chi connectivity index (χ0v) is 16.2. The van der Waals surface area contributed by atoms with Crippen molar-refractivity contribution in [3.63, 3.8) is 0 Å². The molecule has 1 aliphatic heterocycles. The van der Waals surface area contributed by atoms with E-state index < -0.39 is 0 Å². The second kappa shape index (κ2) is 9.06. The highest BCUT2D eigenvalue weighted by Crippen LogP contribution is 2.40. The molecule has 0 unspecified atom stereocenters. The predicted molar refractivity (Wildman–Crippen MR) is 103 cm³/mol. The summed E-state index contributed by atoms with van der Waals surface area (Å²) in [5.74, 6) is 1.86. The summed E-state index contributed by atoms with van der Waals surface area (Å²) in [6.07, 6.45) is 0. The van der Waals surface area contributed by atoms with Crippen molar-refractivity contribution in [2.24, 2.45) is 0 Å². The molecule has 1 fully saturated rings. The summed E-state index contributed by atoms with van der Waals surface area (Å²) in [6.45, 7) is 5.09. The van der Waals surface area contributed by atoms with E-state index in [0.717, 1.165) is 43.9 Å². The lowest BCUT2D eigenvalue weighted by Crippen LogP contribution is -2.45. The van der Waals surface area contributed by atoms with E-state index in [9.17, 15) is 4.39 Å². The molecule has 2 aromatic rings. The van der Waals surface area contributed by atoms with Crippen LogP contribution in [0, 0.1) is 5.82 Å². The van der Waals surface area contributed by atoms with Crippen LogP contribution in [0.3, 0.4) is 0 Å². The van der Waals surface area contributed by atoms with Crippen LogP contribution in [0.25, 0.3) is 0 Å². The van der Waals surface area contributed by atoms with E-state index in [2.05, 4.69) is 9.80 Å². The van der Waals surface area contributed by atoms with Gasteiger partial charge in [0.25, 0.3) is 0 Å². The minimum Gasteiger partial charge on any atom is -0.493 e. The Morgan fingerprint density at radius 1 is 0.741 bits per heavy atom. The van der Waals surface area contributed by atoms with Gasteiger partial charge in [-0.3, -0.25) is 9.80 Å². The number of piperazine rings is 1. The van der Waals surface area contributed by atoms with E-state index in [0.29, 0.717) is 23.8 Å². The van der Waals surface area contributed by atoms with Crippen molar-refractivity contribution in [2.45, 2.75) is 13.1 Å². The van der Waals surface area contributed by atoms with Crippen molar-refractivity contribution >= 4 is 0 Å². The molecule has 27 heavy (non-hydrogen) atoms. The average Bonchev–Trinajstić information content (AvgIpc) is 2.70. The summed E-state index contributed by atoms with van der Waals surface area (Å²) in [5, 5.41) is 0. The van der Waals surface area contributed by atoms with E-state index in [1.54, 1.807) is 27.4 Å². The Morgan fingerprint density at radius 2 is 1.33 bits per heavy atom. The Hall–Kier alpha value is -2.31. The molecule has 0 radical (unpaired) electrons. The third-order valence-electron chi connectivity index (χ3n) is 5.00. The van der Waals surface area contributed by atoms with Crippen LogP contribution < -0.4 is 14.2 Å². The Labute approximate surface area is 160 Å². The number of methoxy groups -OCH3 is 3. The van der Waals surface area contributed by atoms with Gasteiger partial charge in [0.2, 0.25) is 5.75 Å². The molecule has 1 aliphatic rings. The van der Waals surface area contributed by atoms with Gasteiger partial charge in [-0.1, -0.05) is 24.3 Å². The number of ether oxygens (including phenoxy) is 3. The van der Waals surface area contributed by atoms with Crippen LogP contribution in [0.4, 0.5) is 4.39 Å². The first-order chi connectivity index (χ1) is 13.2. The van der Waals surface area contributed by atoms with Gasteiger partial charge in [-0.2, -0.15) is 0 Å². The van der Waals surface area contributed by atoms with Crippen LogP contribution in [0.15, 0.2) is 36.4 Å². The van der Waals surface area contributed by atoms with Gasteiger partial charge in [-0.15, -0.1) is 0 Å². The van der Waals surface area contributed by atoms with Crippen LogP contribution in [-0.4, -0.2) is 57.3 Å². The Kier molecular flexibility index (Phi) is 6.53. The predicted octanol–water partition coefficient (Wildman–Crippen LogP) is 3.17. The summed E-state index contributed by atoms with van der Waals surface area (Å²) in [7, 11) is 4.88. The van der Waals surface area contributed by atoms with E-state index in [4.69, 9.17) is 14.2 Å². The minimum absolute atomic E-state index is 0.130. The summed E-state index contributed by atoms with van der Waals surface area (Å²) in [4.78, 5) is 4.67. The molecule has 0 saturated carbocycles. The van der Waals surface area contributed by atoms with Gasteiger partial charge < -0.3 is 14.2 Å². The summed E-state index contributed by atoms with van der Waals surface area (Å²) >= 11 is 0. The molecule has 146 valence electrons. The molecule has 5 nitrogen and oxygen atoms in total. The lowest BCUT2D eigenvalue weighted by molar-refractivity contribution is 0.120. The number of hydrogen-bond acceptors (Lipinski definition) is 5. The fourth-order valence-corrected chi connectivity index (χ4v) is 3.50. The number of rotatable bonds is 7. The molecule has 1 heterocycles. The smallest absolute Gasteiger partial charge is 0.203 e. The lowest BCUT2D eigenvalue weighted by Gasteiger charge is -2.35. The first kappa shape index (κ1) is 19.5. The van der Waals surface area contributed by atoms with Crippen LogP contribution in [0.5, 0.6) is 17.2 Å². The molecule has 0 spiro atoms. The number of benzene rings is 2. The van der Waals surface area contributed by atoms with Crippen molar-refractivity contribution < 1.29 is 18.6 Å². The highest BCUT2D eigenvalue weighted by molar-refractivity contribution is 5.55. The second-order valence-corrected chi connectivity index (χ2v) is 6.64. The summed E-state index contributed by atoms with van der Waals surface area (Å²) in [5.41, 5.74) is 1.82. The Bertz CT molecular complexity index is 761. The zero-order chi connectivity index (χ0) is 19.2. The lowest BCUT2D eigenvalue weighted by atomic mass is 10.1. The summed E-state index contributed by atoms with van der Waals surface area (Å²) < 4.78 is 30.3. The molecule has 2 aromatic carbocycles. The van der Waals surface area contributed by atoms with Gasteiger partial charge in [0.1, 0.15) is 5.82 Å². The maximum absolute atomic E-state index is 13.9.